The third-order valence-corrected chi connectivity index (χ3v) is 4.11. The Morgan fingerprint density at radius 2 is 1.74 bits per heavy atom. The van der Waals surface area contributed by atoms with Gasteiger partial charge >= 0.3 is 13.3 Å². The maximum atomic E-state index is 12.4. The molecule has 0 fully saturated rings. The smallest absolute Gasteiger partial charge is 0.406 e. The molecule has 7 nitrogen and oxygen atoms in total. The summed E-state index contributed by atoms with van der Waals surface area (Å²) < 4.78 is 28.2. The van der Waals surface area contributed by atoms with Crippen molar-refractivity contribution in [1.29, 1.82) is 0 Å². The highest BCUT2D eigenvalue weighted by atomic mass is 31.2. The molecule has 0 aliphatic carbocycles. The minimum absolute atomic E-state index is 0.0937. The number of hydrogen-bond donors (Lipinski definition) is 0. The van der Waals surface area contributed by atoms with Crippen molar-refractivity contribution < 1.29 is 23.3 Å². The molecule has 1 aromatic rings. The number of ether oxygens (including phenoxy) is 1. The summed E-state index contributed by atoms with van der Waals surface area (Å²) in [5, 5.41) is 10.9. The first-order valence-electron chi connectivity index (χ1n) is 7.06. The minimum atomic E-state index is -3.56. The molecule has 0 unspecified atom stereocenters. The average Bonchev–Trinajstić information content (AvgIpc) is 2.42. The zero-order valence-corrected chi connectivity index (χ0v) is 14.4. The second-order valence-electron chi connectivity index (χ2n) is 5.11. The summed E-state index contributed by atoms with van der Waals surface area (Å²) in [5.41, 5.74) is 2.29. The number of para-hydroxylation sites is 2. The summed E-state index contributed by atoms with van der Waals surface area (Å²) in [6.45, 7) is 6.73. The van der Waals surface area contributed by atoms with Crippen LogP contribution in [-0.2, 0) is 13.6 Å². The van der Waals surface area contributed by atoms with Crippen LogP contribution in [0.2, 0.25) is 0 Å². The van der Waals surface area contributed by atoms with E-state index in [-0.39, 0.29) is 30.3 Å². The third kappa shape index (κ3) is 6.83. The van der Waals surface area contributed by atoms with Gasteiger partial charge in [0, 0.05) is 11.7 Å². The Kier molecular flexibility index (Phi) is 7.24. The fourth-order valence-electron chi connectivity index (χ4n) is 1.61. The van der Waals surface area contributed by atoms with Crippen LogP contribution in [0.1, 0.15) is 27.7 Å². The van der Waals surface area contributed by atoms with Gasteiger partial charge in [0.25, 0.3) is 0 Å². The van der Waals surface area contributed by atoms with Gasteiger partial charge in [-0.2, -0.15) is 0 Å². The van der Waals surface area contributed by atoms with Crippen molar-refractivity contribution in [3.8, 4) is 17.3 Å². The Morgan fingerprint density at radius 3 is 2.26 bits per heavy atom. The van der Waals surface area contributed by atoms with E-state index >= 15 is 0 Å². The van der Waals surface area contributed by atoms with E-state index in [1.54, 1.807) is 33.8 Å². The van der Waals surface area contributed by atoms with Crippen LogP contribution in [0.15, 0.2) is 24.3 Å². The molecule has 23 heavy (non-hydrogen) atoms. The van der Waals surface area contributed by atoms with Crippen LogP contribution in [-0.4, -0.2) is 23.7 Å². The lowest BCUT2D eigenvalue weighted by Crippen LogP contribution is -2.07. The van der Waals surface area contributed by atoms with Crippen molar-refractivity contribution in [3.63, 3.8) is 0 Å². The van der Waals surface area contributed by atoms with E-state index in [1.807, 2.05) is 0 Å². The van der Waals surface area contributed by atoms with Gasteiger partial charge in [-0.1, -0.05) is 12.1 Å². The third-order valence-electron chi connectivity index (χ3n) is 2.28. The molecule has 0 amide bonds. The van der Waals surface area contributed by atoms with Gasteiger partial charge in [0.1, 0.15) is 6.61 Å². The maximum absolute atomic E-state index is 12.4. The van der Waals surface area contributed by atoms with Gasteiger partial charge in [-0.15, -0.1) is 0 Å². The first-order valence-corrected chi connectivity index (χ1v) is 8.61. The highest BCUT2D eigenvalue weighted by Crippen LogP contribution is 2.49. The van der Waals surface area contributed by atoms with Crippen LogP contribution in [0, 0.1) is 21.7 Å². The molecular formula is C15H20NO6P. The molecule has 0 saturated heterocycles. The average molecular weight is 341 g/mol. The SMILES string of the molecule is CC(C)OP(=O)(C#CCOc1ccccc1[N+](=O)[O-])OC(C)C. The van der Waals surface area contributed by atoms with E-state index in [9.17, 15) is 14.7 Å². The molecule has 0 aromatic heterocycles. The number of nitrogens with zero attached hydrogens (tertiary/aromatic N) is 1. The number of nitro benzene ring substituents is 1. The molecule has 0 atom stereocenters. The van der Waals surface area contributed by atoms with Crippen LogP contribution >= 0.6 is 7.60 Å². The van der Waals surface area contributed by atoms with E-state index < -0.39 is 12.5 Å². The second-order valence-corrected chi connectivity index (χ2v) is 6.75. The van der Waals surface area contributed by atoms with Gasteiger partial charge in [0.2, 0.25) is 0 Å². The fourth-order valence-corrected chi connectivity index (χ4v) is 3.13. The Balaban J connectivity index is 2.79. The van der Waals surface area contributed by atoms with E-state index in [1.165, 1.54) is 18.2 Å². The lowest BCUT2D eigenvalue weighted by Gasteiger charge is -2.17. The number of rotatable bonds is 7. The molecule has 0 N–H and O–H groups in total. The van der Waals surface area contributed by atoms with Crippen LogP contribution in [0.4, 0.5) is 5.69 Å². The highest BCUT2D eigenvalue weighted by Gasteiger charge is 2.25. The van der Waals surface area contributed by atoms with Gasteiger partial charge in [0.15, 0.2) is 5.75 Å². The molecule has 1 rings (SSSR count). The highest BCUT2D eigenvalue weighted by molar-refractivity contribution is 7.59. The fraction of sp³-hybridized carbons (Fsp3) is 0.467. The van der Waals surface area contributed by atoms with Crippen LogP contribution in [0.5, 0.6) is 5.75 Å². The molecule has 0 saturated carbocycles. The molecule has 1 aromatic carbocycles. The predicted octanol–water partition coefficient (Wildman–Crippen LogP) is 3.98. The summed E-state index contributed by atoms with van der Waals surface area (Å²) >= 11 is 0. The van der Waals surface area contributed by atoms with Gasteiger partial charge < -0.3 is 4.74 Å². The summed E-state index contributed by atoms with van der Waals surface area (Å²) in [7, 11) is -3.56. The zero-order chi connectivity index (χ0) is 17.5. The van der Waals surface area contributed by atoms with Crippen LogP contribution < -0.4 is 4.74 Å². The number of hydrogen-bond acceptors (Lipinski definition) is 6. The first kappa shape index (κ1) is 19.2. The number of nitro groups is 1. The summed E-state index contributed by atoms with van der Waals surface area (Å²) in [4.78, 5) is 10.3. The Bertz CT molecular complexity index is 633. The van der Waals surface area contributed by atoms with E-state index in [0.717, 1.165) is 0 Å². The summed E-state index contributed by atoms with van der Waals surface area (Å²) in [6.07, 6.45) is -0.630. The lowest BCUT2D eigenvalue weighted by molar-refractivity contribution is -0.385. The van der Waals surface area contributed by atoms with Crippen molar-refractivity contribution in [2.24, 2.45) is 0 Å². The van der Waals surface area contributed by atoms with Crippen LogP contribution in [0.3, 0.4) is 0 Å². The topological polar surface area (TPSA) is 87.9 Å². The first-order chi connectivity index (χ1) is 10.7. The molecule has 0 heterocycles. The molecule has 8 heteroatoms. The lowest BCUT2D eigenvalue weighted by atomic mass is 10.3. The van der Waals surface area contributed by atoms with Crippen molar-refractivity contribution >= 4 is 13.3 Å². The van der Waals surface area contributed by atoms with Gasteiger partial charge in [-0.25, -0.2) is 4.57 Å². The van der Waals surface area contributed by atoms with Gasteiger partial charge in [-0.05, 0) is 39.7 Å². The van der Waals surface area contributed by atoms with Crippen LogP contribution in [0.25, 0.3) is 0 Å². The molecule has 0 aliphatic rings. The molecule has 126 valence electrons. The summed E-state index contributed by atoms with van der Waals surface area (Å²) in [5.74, 6) is 2.64. The van der Waals surface area contributed by atoms with E-state index in [0.29, 0.717) is 0 Å². The standard InChI is InChI=1S/C15H20NO6P/c1-12(2)21-23(19,22-13(3)4)11-7-10-20-15-9-6-5-8-14(15)16(17)18/h5-6,8-9,12-13H,10H2,1-4H3. The van der Waals surface area contributed by atoms with Crippen molar-refractivity contribution in [1.82, 2.24) is 0 Å². The molecule has 0 bridgehead atoms. The molecular weight excluding hydrogens is 321 g/mol. The number of benzene rings is 1. The predicted molar refractivity (Wildman–Crippen MR) is 86.4 cm³/mol. The van der Waals surface area contributed by atoms with E-state index in [4.69, 9.17) is 13.8 Å². The van der Waals surface area contributed by atoms with Crippen molar-refractivity contribution in [2.45, 2.75) is 39.9 Å². The van der Waals surface area contributed by atoms with Gasteiger partial charge in [0.05, 0.1) is 17.1 Å². The van der Waals surface area contributed by atoms with E-state index in [2.05, 4.69) is 11.6 Å². The van der Waals surface area contributed by atoms with Gasteiger partial charge in [-0.3, -0.25) is 19.2 Å². The maximum Gasteiger partial charge on any atom is 0.406 e. The normalized spacial score (nSPS) is 11.2. The Labute approximate surface area is 135 Å². The van der Waals surface area contributed by atoms with Crippen molar-refractivity contribution in [3.05, 3.63) is 34.4 Å². The molecule has 0 radical (unpaired) electrons. The summed E-state index contributed by atoms with van der Waals surface area (Å²) in [6, 6.07) is 5.95. The molecule has 0 spiro atoms. The quantitative estimate of drug-likeness (QED) is 0.323. The monoisotopic (exact) mass is 341 g/mol. The Morgan fingerprint density at radius 1 is 1.17 bits per heavy atom. The Hall–Kier alpha value is -1.87. The van der Waals surface area contributed by atoms with Crippen molar-refractivity contribution in [2.75, 3.05) is 6.61 Å². The zero-order valence-electron chi connectivity index (χ0n) is 13.5. The minimum Gasteiger partial charge on any atom is -0.474 e. The largest absolute Gasteiger partial charge is 0.474 e. The second kappa shape index (κ2) is 8.68. The molecule has 0 aliphatic heterocycles.